The summed E-state index contributed by atoms with van der Waals surface area (Å²) in [5, 5.41) is 9.88. The number of nitrogens with zero attached hydrogens (tertiary/aromatic N) is 1. The molecule has 2 aliphatic carbocycles. The summed E-state index contributed by atoms with van der Waals surface area (Å²) >= 11 is 0. The number of fused-ring (bicyclic) bond motifs is 3. The molecular weight excluding hydrogens is 635 g/mol. The number of carbonyl (C=O) groups is 1. The van der Waals surface area contributed by atoms with Crippen molar-refractivity contribution in [3.05, 3.63) is 71.8 Å². The van der Waals surface area contributed by atoms with E-state index in [1.165, 1.54) is 0 Å². The number of hydrogen-bond acceptors (Lipinski definition) is 5. The molecule has 0 spiro atoms. The lowest BCUT2D eigenvalue weighted by atomic mass is 9.78. The molecule has 15 heteroatoms. The molecule has 6 rings (SSSR count). The summed E-state index contributed by atoms with van der Waals surface area (Å²) in [4.78, 5) is 11.3. The first kappa shape index (κ1) is 31.0. The Balaban J connectivity index is 1.49. The van der Waals surface area contributed by atoms with Gasteiger partial charge in [0.15, 0.2) is 11.6 Å². The van der Waals surface area contributed by atoms with Crippen LogP contribution >= 0.6 is 0 Å². The van der Waals surface area contributed by atoms with E-state index in [0.717, 1.165) is 36.4 Å². The van der Waals surface area contributed by atoms with Gasteiger partial charge in [-0.25, -0.2) is 17.2 Å². The van der Waals surface area contributed by atoms with E-state index in [4.69, 9.17) is 4.74 Å². The minimum Gasteiger partial charge on any atom is -0.483 e. The molecule has 1 N–H and O–H groups in total. The van der Waals surface area contributed by atoms with Gasteiger partial charge in [-0.15, -0.1) is 0 Å². The summed E-state index contributed by atoms with van der Waals surface area (Å²) in [6, 6.07) is 7.50. The molecule has 2 saturated carbocycles. The maximum absolute atomic E-state index is 15.9. The molecule has 1 atom stereocenters. The van der Waals surface area contributed by atoms with Crippen LogP contribution in [-0.2, 0) is 21.0 Å². The van der Waals surface area contributed by atoms with E-state index in [1.807, 2.05) is 0 Å². The van der Waals surface area contributed by atoms with Crippen LogP contribution < -0.4 is 13.8 Å². The standard InChI is InChI=1S/C30H24F7NO6S/c31-19-8-16(9-20(13-19)43-27(33)34)17-10-22(32)25-23(11-17)38(45(41,42)21-3-1-2-18(12-21)30(35,36)37)14-24(44-25)28-4-6-29(15-28,7-5-28)26(39)40/h1-3,8-13,24,27H,4-7,14-15H2,(H,39,40)/t24-,28?,29?/m1/s1. The summed E-state index contributed by atoms with van der Waals surface area (Å²) < 4.78 is 136. The SMILES string of the molecule is O=C(O)C12CCC([C@H]3CN(S(=O)(=O)c4cccc(C(F)(F)F)c4)c4cc(-c5cc(F)cc(OC(F)F)c5)cc(F)c4O3)(CC1)C2. The maximum Gasteiger partial charge on any atom is 0.416 e. The van der Waals surface area contributed by atoms with Crippen LogP contribution in [-0.4, -0.2) is 38.8 Å². The first-order valence-electron chi connectivity index (χ1n) is 13.7. The van der Waals surface area contributed by atoms with E-state index in [9.17, 15) is 44.7 Å². The summed E-state index contributed by atoms with van der Waals surface area (Å²) in [7, 11) is -4.85. The summed E-state index contributed by atoms with van der Waals surface area (Å²) in [6.07, 6.45) is -4.53. The van der Waals surface area contributed by atoms with Crippen LogP contribution in [0.15, 0.2) is 59.5 Å². The van der Waals surface area contributed by atoms with E-state index in [2.05, 4.69) is 4.74 Å². The highest BCUT2D eigenvalue weighted by Gasteiger charge is 2.63. The molecule has 0 radical (unpaired) electrons. The molecule has 45 heavy (non-hydrogen) atoms. The highest BCUT2D eigenvalue weighted by Crippen LogP contribution is 2.64. The van der Waals surface area contributed by atoms with E-state index in [-0.39, 0.29) is 17.5 Å². The van der Waals surface area contributed by atoms with Crippen molar-refractivity contribution in [2.45, 2.75) is 55.9 Å². The van der Waals surface area contributed by atoms with Crippen molar-refractivity contribution in [2.24, 2.45) is 10.8 Å². The number of carboxylic acids is 1. The van der Waals surface area contributed by atoms with Gasteiger partial charge in [-0.1, -0.05) is 6.07 Å². The largest absolute Gasteiger partial charge is 0.483 e. The molecule has 7 nitrogen and oxygen atoms in total. The number of benzene rings is 3. The first-order chi connectivity index (χ1) is 21.0. The molecule has 1 aliphatic heterocycles. The topological polar surface area (TPSA) is 93.1 Å². The highest BCUT2D eigenvalue weighted by atomic mass is 32.2. The van der Waals surface area contributed by atoms with Crippen LogP contribution in [0.2, 0.25) is 0 Å². The zero-order valence-corrected chi connectivity index (χ0v) is 23.9. The van der Waals surface area contributed by atoms with Gasteiger partial charge in [0.1, 0.15) is 17.7 Å². The van der Waals surface area contributed by atoms with Crippen LogP contribution in [0.3, 0.4) is 0 Å². The average molecular weight is 660 g/mol. The molecule has 3 aliphatic rings. The Morgan fingerprint density at radius 3 is 2.31 bits per heavy atom. The number of carboxylic acid groups (broad SMARTS) is 1. The van der Waals surface area contributed by atoms with E-state index in [0.29, 0.717) is 48.2 Å². The number of anilines is 1. The molecule has 3 aromatic rings. The number of hydrogen-bond donors (Lipinski definition) is 1. The second kappa shape index (κ2) is 10.5. The van der Waals surface area contributed by atoms with Crippen LogP contribution in [0.5, 0.6) is 11.5 Å². The fourth-order valence-corrected chi connectivity index (χ4v) is 8.37. The molecule has 0 aromatic heterocycles. The predicted molar refractivity (Wildman–Crippen MR) is 144 cm³/mol. The van der Waals surface area contributed by atoms with Gasteiger partial charge in [-0.3, -0.25) is 9.10 Å². The molecule has 2 bridgehead atoms. The first-order valence-corrected chi connectivity index (χ1v) is 15.2. The van der Waals surface area contributed by atoms with Crippen LogP contribution in [0, 0.1) is 22.5 Å². The normalized spacial score (nSPS) is 24.4. The van der Waals surface area contributed by atoms with Gasteiger partial charge < -0.3 is 14.6 Å². The summed E-state index contributed by atoms with van der Waals surface area (Å²) in [5.41, 5.74) is -3.89. The molecule has 0 amide bonds. The highest BCUT2D eigenvalue weighted by molar-refractivity contribution is 7.92. The molecule has 0 saturated heterocycles. The van der Waals surface area contributed by atoms with Crippen LogP contribution in [0.4, 0.5) is 36.4 Å². The van der Waals surface area contributed by atoms with Gasteiger partial charge in [0.05, 0.1) is 28.1 Å². The van der Waals surface area contributed by atoms with Gasteiger partial charge in [-0.05, 0) is 85.7 Å². The third kappa shape index (κ3) is 5.34. The fourth-order valence-electron chi connectivity index (χ4n) is 6.86. The van der Waals surface area contributed by atoms with Gasteiger partial charge >= 0.3 is 18.8 Å². The van der Waals surface area contributed by atoms with Crippen LogP contribution in [0.25, 0.3) is 11.1 Å². The van der Waals surface area contributed by atoms with Gasteiger partial charge in [-0.2, -0.15) is 22.0 Å². The second-order valence-corrected chi connectivity index (χ2v) is 13.5. The molecule has 3 aromatic carbocycles. The minimum absolute atomic E-state index is 0.142. The van der Waals surface area contributed by atoms with Gasteiger partial charge in [0.25, 0.3) is 10.0 Å². The zero-order valence-electron chi connectivity index (χ0n) is 23.1. The number of rotatable bonds is 7. The van der Waals surface area contributed by atoms with Crippen molar-refractivity contribution >= 4 is 21.7 Å². The van der Waals surface area contributed by atoms with E-state index >= 15 is 4.39 Å². The Labute approximate surface area is 252 Å². The molecule has 240 valence electrons. The number of halogens is 7. The third-order valence-corrected chi connectivity index (χ3v) is 10.9. The Kier molecular flexibility index (Phi) is 7.25. The number of alkyl halides is 5. The van der Waals surface area contributed by atoms with Gasteiger partial charge in [0.2, 0.25) is 0 Å². The quantitative estimate of drug-likeness (QED) is 0.269. The maximum atomic E-state index is 15.9. The number of aliphatic carboxylic acids is 1. The summed E-state index contributed by atoms with van der Waals surface area (Å²) in [6.45, 7) is -3.80. The third-order valence-electron chi connectivity index (χ3n) is 9.09. The lowest BCUT2D eigenvalue weighted by Crippen LogP contribution is -2.50. The Morgan fingerprint density at radius 1 is 1.00 bits per heavy atom. The van der Waals surface area contributed by atoms with E-state index in [1.54, 1.807) is 0 Å². The average Bonchev–Trinajstić information content (AvgIpc) is 3.55. The van der Waals surface area contributed by atoms with E-state index < -0.39 is 91.5 Å². The van der Waals surface area contributed by atoms with Crippen molar-refractivity contribution in [3.8, 4) is 22.6 Å². The number of ether oxygens (including phenoxy) is 2. The van der Waals surface area contributed by atoms with Crippen molar-refractivity contribution in [3.63, 3.8) is 0 Å². The Morgan fingerprint density at radius 2 is 1.69 bits per heavy atom. The lowest BCUT2D eigenvalue weighted by Gasteiger charge is -2.43. The van der Waals surface area contributed by atoms with Crippen molar-refractivity contribution in [1.82, 2.24) is 0 Å². The Bertz CT molecular complexity index is 1790. The predicted octanol–water partition coefficient (Wildman–Crippen LogP) is 7.24. The Hall–Kier alpha value is -4.01. The zero-order chi connectivity index (χ0) is 32.5. The van der Waals surface area contributed by atoms with Crippen molar-refractivity contribution < 1.29 is 58.5 Å². The molecular formula is C30H24F7NO6S. The minimum atomic E-state index is -4.88. The lowest BCUT2D eigenvalue weighted by molar-refractivity contribution is -0.148. The van der Waals surface area contributed by atoms with Crippen molar-refractivity contribution in [2.75, 3.05) is 10.8 Å². The molecule has 2 fully saturated rings. The fraction of sp³-hybridized carbons (Fsp3) is 0.367. The molecule has 0 unspecified atom stereocenters. The number of sulfonamides is 1. The second-order valence-electron chi connectivity index (χ2n) is 11.7. The van der Waals surface area contributed by atoms with Crippen molar-refractivity contribution in [1.29, 1.82) is 0 Å². The molecule has 1 heterocycles. The van der Waals surface area contributed by atoms with Crippen LogP contribution in [0.1, 0.15) is 37.7 Å². The monoisotopic (exact) mass is 659 g/mol. The smallest absolute Gasteiger partial charge is 0.416 e. The van der Waals surface area contributed by atoms with Gasteiger partial charge in [0, 0.05) is 11.5 Å². The summed E-state index contributed by atoms with van der Waals surface area (Å²) in [5.74, 6) is -4.29.